The summed E-state index contributed by atoms with van der Waals surface area (Å²) >= 11 is 0. The maximum absolute atomic E-state index is 12.9. The molecule has 3 rings (SSSR count). The number of β-amino-alcohol motifs (C(OH)–C–C–N with tert-alkyl or cyclic N) is 1. The lowest BCUT2D eigenvalue weighted by Gasteiger charge is -2.35. The zero-order valence-corrected chi connectivity index (χ0v) is 15.8. The maximum atomic E-state index is 12.9. The SMILES string of the molecule is Cc1ccc(C)c(OC[C@H](O)CN2C(=O)N(C)C3(CCCCC3)C2=O)c1. The molecule has 142 valence electrons. The standard InChI is InChI=1S/C20H28N2O4/c1-14-7-8-15(2)17(11-14)26-13-16(23)12-22-18(24)20(21(3)19(22)25)9-5-4-6-10-20/h7-8,11,16,23H,4-6,9-10,12-13H2,1-3H3/t16-/m1/s1. The Balaban J connectivity index is 1.63. The highest BCUT2D eigenvalue weighted by atomic mass is 16.5. The normalized spacial score (nSPS) is 20.8. The van der Waals surface area contributed by atoms with E-state index >= 15 is 0 Å². The third-order valence-electron chi connectivity index (χ3n) is 5.65. The molecule has 3 amide bonds. The number of urea groups is 1. The molecule has 26 heavy (non-hydrogen) atoms. The van der Waals surface area contributed by atoms with Gasteiger partial charge in [-0.15, -0.1) is 0 Å². The maximum Gasteiger partial charge on any atom is 0.327 e. The van der Waals surface area contributed by atoms with Crippen LogP contribution in [-0.2, 0) is 4.79 Å². The molecule has 1 heterocycles. The Morgan fingerprint density at radius 2 is 1.88 bits per heavy atom. The van der Waals surface area contributed by atoms with Crippen molar-refractivity contribution >= 4 is 11.9 Å². The number of ether oxygens (including phenoxy) is 1. The van der Waals surface area contributed by atoms with Gasteiger partial charge in [0, 0.05) is 7.05 Å². The van der Waals surface area contributed by atoms with E-state index in [0.29, 0.717) is 18.6 Å². The molecule has 2 aliphatic rings. The second-order valence-corrected chi connectivity index (χ2v) is 7.58. The number of aryl methyl sites for hydroxylation is 2. The molecule has 6 nitrogen and oxygen atoms in total. The minimum absolute atomic E-state index is 0.0331. The number of benzene rings is 1. The van der Waals surface area contributed by atoms with Crippen LogP contribution >= 0.6 is 0 Å². The molecule has 0 unspecified atom stereocenters. The predicted octanol–water partition coefficient (Wildman–Crippen LogP) is 2.64. The van der Waals surface area contributed by atoms with Crippen LogP contribution < -0.4 is 4.74 Å². The summed E-state index contributed by atoms with van der Waals surface area (Å²) < 4.78 is 5.71. The van der Waals surface area contributed by atoms with E-state index in [1.165, 1.54) is 4.90 Å². The minimum Gasteiger partial charge on any atom is -0.491 e. The summed E-state index contributed by atoms with van der Waals surface area (Å²) in [6, 6.07) is 5.56. The number of carbonyl (C=O) groups excluding carboxylic acids is 2. The highest BCUT2D eigenvalue weighted by molar-refractivity contribution is 6.07. The smallest absolute Gasteiger partial charge is 0.327 e. The van der Waals surface area contributed by atoms with E-state index in [4.69, 9.17) is 4.74 Å². The van der Waals surface area contributed by atoms with Gasteiger partial charge in [0.05, 0.1) is 6.54 Å². The monoisotopic (exact) mass is 360 g/mol. The number of hydrogen-bond acceptors (Lipinski definition) is 4. The number of amides is 3. The lowest BCUT2D eigenvalue weighted by atomic mass is 9.81. The Morgan fingerprint density at radius 1 is 1.19 bits per heavy atom. The first-order valence-electron chi connectivity index (χ1n) is 9.33. The van der Waals surface area contributed by atoms with Crippen LogP contribution in [0.3, 0.4) is 0 Å². The van der Waals surface area contributed by atoms with E-state index in [1.807, 2.05) is 32.0 Å². The fourth-order valence-corrected chi connectivity index (χ4v) is 4.00. The molecule has 6 heteroatoms. The van der Waals surface area contributed by atoms with Crippen LogP contribution in [0, 0.1) is 13.8 Å². The largest absolute Gasteiger partial charge is 0.491 e. The Labute approximate surface area is 154 Å². The zero-order valence-electron chi connectivity index (χ0n) is 15.8. The number of aliphatic hydroxyl groups is 1. The number of carbonyl (C=O) groups is 2. The number of rotatable bonds is 5. The summed E-state index contributed by atoms with van der Waals surface area (Å²) in [7, 11) is 1.70. The van der Waals surface area contributed by atoms with E-state index in [0.717, 1.165) is 30.4 Å². The van der Waals surface area contributed by atoms with Crippen molar-refractivity contribution < 1.29 is 19.4 Å². The van der Waals surface area contributed by atoms with Gasteiger partial charge in [0.25, 0.3) is 5.91 Å². The Bertz CT molecular complexity index is 697. The van der Waals surface area contributed by atoms with Crippen molar-refractivity contribution in [3.63, 3.8) is 0 Å². The highest BCUT2D eigenvalue weighted by Crippen LogP contribution is 2.39. The van der Waals surface area contributed by atoms with Crippen LogP contribution in [0.25, 0.3) is 0 Å². The molecule has 1 N–H and O–H groups in total. The molecule has 1 saturated heterocycles. The van der Waals surface area contributed by atoms with Crippen LogP contribution in [0.1, 0.15) is 43.2 Å². The highest BCUT2D eigenvalue weighted by Gasteiger charge is 2.55. The third-order valence-corrected chi connectivity index (χ3v) is 5.65. The van der Waals surface area contributed by atoms with E-state index in [1.54, 1.807) is 11.9 Å². The summed E-state index contributed by atoms with van der Waals surface area (Å²) in [5.74, 6) is 0.541. The summed E-state index contributed by atoms with van der Waals surface area (Å²) in [5, 5.41) is 10.4. The average Bonchev–Trinajstić information content (AvgIpc) is 2.79. The molecule has 1 atom stereocenters. The van der Waals surface area contributed by atoms with Gasteiger partial charge in [0.2, 0.25) is 0 Å². The van der Waals surface area contributed by atoms with Gasteiger partial charge in [0.15, 0.2) is 0 Å². The van der Waals surface area contributed by atoms with Gasteiger partial charge in [-0.1, -0.05) is 31.4 Å². The molecule has 1 aliphatic heterocycles. The van der Waals surface area contributed by atoms with Gasteiger partial charge in [-0.2, -0.15) is 0 Å². The van der Waals surface area contributed by atoms with E-state index in [9.17, 15) is 14.7 Å². The van der Waals surface area contributed by atoms with Crippen molar-refractivity contribution in [2.45, 2.75) is 57.6 Å². The molecule has 0 radical (unpaired) electrons. The van der Waals surface area contributed by atoms with Crippen molar-refractivity contribution in [1.82, 2.24) is 9.80 Å². The summed E-state index contributed by atoms with van der Waals surface area (Å²) in [5.41, 5.74) is 1.35. The Hall–Kier alpha value is -2.08. The Morgan fingerprint density at radius 3 is 2.58 bits per heavy atom. The van der Waals surface area contributed by atoms with Crippen LogP contribution in [0.15, 0.2) is 18.2 Å². The number of imide groups is 1. The van der Waals surface area contributed by atoms with Crippen molar-refractivity contribution in [3.05, 3.63) is 29.3 Å². The third kappa shape index (κ3) is 3.30. The molecule has 1 aromatic carbocycles. The zero-order chi connectivity index (χ0) is 18.9. The van der Waals surface area contributed by atoms with Crippen LogP contribution in [0.5, 0.6) is 5.75 Å². The lowest BCUT2D eigenvalue weighted by molar-refractivity contribution is -0.135. The number of likely N-dealkylation sites (N-methyl/N-ethyl adjacent to an activating group) is 1. The molecular weight excluding hydrogens is 332 g/mol. The lowest BCUT2D eigenvalue weighted by Crippen LogP contribution is -2.49. The van der Waals surface area contributed by atoms with Crippen molar-refractivity contribution in [3.8, 4) is 5.75 Å². The van der Waals surface area contributed by atoms with Crippen LogP contribution in [0.2, 0.25) is 0 Å². The summed E-state index contributed by atoms with van der Waals surface area (Å²) in [6.45, 7) is 3.92. The Kier molecular flexibility index (Phi) is 5.23. The number of aliphatic hydroxyl groups excluding tert-OH is 1. The number of hydrogen-bond donors (Lipinski definition) is 1. The van der Waals surface area contributed by atoms with Gasteiger partial charge in [0.1, 0.15) is 24.0 Å². The molecule has 0 aromatic heterocycles. The van der Waals surface area contributed by atoms with Crippen LogP contribution in [-0.4, -0.2) is 58.7 Å². The van der Waals surface area contributed by atoms with Crippen molar-refractivity contribution in [1.29, 1.82) is 0 Å². The fraction of sp³-hybridized carbons (Fsp3) is 0.600. The summed E-state index contributed by atoms with van der Waals surface area (Å²) in [6.07, 6.45) is 3.50. The molecule has 1 aliphatic carbocycles. The second-order valence-electron chi connectivity index (χ2n) is 7.58. The van der Waals surface area contributed by atoms with E-state index in [2.05, 4.69) is 0 Å². The molecule has 2 fully saturated rings. The van der Waals surface area contributed by atoms with Crippen molar-refractivity contribution in [2.24, 2.45) is 0 Å². The molecule has 0 bridgehead atoms. The van der Waals surface area contributed by atoms with Gasteiger partial charge in [-0.05, 0) is 43.9 Å². The number of nitrogens with zero attached hydrogens (tertiary/aromatic N) is 2. The topological polar surface area (TPSA) is 70.1 Å². The van der Waals surface area contributed by atoms with Gasteiger partial charge in [-0.25, -0.2) is 4.79 Å². The molecule has 1 saturated carbocycles. The molecule has 1 spiro atoms. The minimum atomic E-state index is -0.921. The van der Waals surface area contributed by atoms with E-state index in [-0.39, 0.29) is 25.1 Å². The average molecular weight is 360 g/mol. The van der Waals surface area contributed by atoms with Gasteiger partial charge >= 0.3 is 6.03 Å². The van der Waals surface area contributed by atoms with Gasteiger partial charge in [-0.3, -0.25) is 9.69 Å². The first-order valence-corrected chi connectivity index (χ1v) is 9.33. The summed E-state index contributed by atoms with van der Waals surface area (Å²) in [4.78, 5) is 28.3. The predicted molar refractivity (Wildman–Crippen MR) is 98.1 cm³/mol. The quantitative estimate of drug-likeness (QED) is 0.820. The van der Waals surface area contributed by atoms with Gasteiger partial charge < -0.3 is 14.7 Å². The first kappa shape index (κ1) is 18.7. The van der Waals surface area contributed by atoms with Crippen LogP contribution in [0.4, 0.5) is 4.79 Å². The second kappa shape index (κ2) is 7.27. The fourth-order valence-electron chi connectivity index (χ4n) is 4.00. The van der Waals surface area contributed by atoms with Crippen molar-refractivity contribution in [2.75, 3.05) is 20.2 Å². The van der Waals surface area contributed by atoms with E-state index < -0.39 is 11.6 Å². The molecule has 1 aromatic rings. The first-order chi connectivity index (χ1) is 12.3. The molecular formula is C20H28N2O4.